The molecule has 4 aromatic carbocycles. The van der Waals surface area contributed by atoms with E-state index in [0.29, 0.717) is 36.2 Å². The number of aliphatic carboxylic acids is 2. The Labute approximate surface area is 339 Å². The number of hydrogen-bond donors (Lipinski definition) is 3. The third kappa shape index (κ3) is 7.04. The lowest BCUT2D eigenvalue weighted by molar-refractivity contribution is -0.140. The molecular weight excluding hydrogens is 747 g/mol. The number of carbonyl (C=O) groups is 2. The van der Waals surface area contributed by atoms with Crippen molar-refractivity contribution in [2.75, 3.05) is 0 Å². The highest BCUT2D eigenvalue weighted by atomic mass is 32.1. The van der Waals surface area contributed by atoms with Gasteiger partial charge in [-0.25, -0.2) is 9.50 Å². The first-order valence-electron chi connectivity index (χ1n) is 19.9. The van der Waals surface area contributed by atoms with E-state index in [1.807, 2.05) is 87.8 Å². The largest absolute Gasteiger partial charge is 0.493 e. The van der Waals surface area contributed by atoms with Gasteiger partial charge >= 0.3 is 11.9 Å². The van der Waals surface area contributed by atoms with E-state index in [1.165, 1.54) is 17.5 Å². The van der Waals surface area contributed by atoms with Gasteiger partial charge in [0.25, 0.3) is 0 Å². The van der Waals surface area contributed by atoms with Crippen LogP contribution >= 0.6 is 11.3 Å². The Morgan fingerprint density at radius 1 is 0.759 bits per heavy atom. The van der Waals surface area contributed by atoms with Crippen molar-refractivity contribution in [2.24, 2.45) is 0 Å². The van der Waals surface area contributed by atoms with Gasteiger partial charge in [0.15, 0.2) is 5.65 Å². The van der Waals surface area contributed by atoms with Crippen molar-refractivity contribution in [3.8, 4) is 28.3 Å². The molecule has 4 aromatic heterocycles. The zero-order chi connectivity index (χ0) is 40.7. The number of fused-ring (bicyclic) bond motifs is 6. The van der Waals surface area contributed by atoms with Crippen molar-refractivity contribution in [2.45, 2.75) is 84.5 Å². The number of carboxylic acid groups (broad SMARTS) is 2. The second kappa shape index (κ2) is 16.0. The van der Waals surface area contributed by atoms with Crippen molar-refractivity contribution in [3.63, 3.8) is 0 Å². The summed E-state index contributed by atoms with van der Waals surface area (Å²) in [6.07, 6.45) is 5.84. The summed E-state index contributed by atoms with van der Waals surface area (Å²) < 4.78 is 2.78. The van der Waals surface area contributed by atoms with Gasteiger partial charge in [-0.15, -0.1) is 11.3 Å². The van der Waals surface area contributed by atoms with Crippen molar-refractivity contribution in [3.05, 3.63) is 118 Å². The molecule has 4 heterocycles. The number of aromatic hydroxyl groups is 1. The average molecular weight is 792 g/mol. The Morgan fingerprint density at radius 2 is 1.43 bits per heavy atom. The summed E-state index contributed by atoms with van der Waals surface area (Å²) in [6.45, 7) is 7.91. The monoisotopic (exact) mass is 791 g/mol. The van der Waals surface area contributed by atoms with Gasteiger partial charge in [0, 0.05) is 22.0 Å². The van der Waals surface area contributed by atoms with Crippen LogP contribution in [0.2, 0.25) is 0 Å². The summed E-state index contributed by atoms with van der Waals surface area (Å²) in [7, 11) is 0. The van der Waals surface area contributed by atoms with Gasteiger partial charge in [-0.1, -0.05) is 74.7 Å². The first-order valence-corrected chi connectivity index (χ1v) is 20.8. The minimum Gasteiger partial charge on any atom is -0.493 e. The molecule has 294 valence electrons. The van der Waals surface area contributed by atoms with Gasteiger partial charge in [0.05, 0.1) is 49.9 Å². The fourth-order valence-electron chi connectivity index (χ4n) is 8.55. The molecule has 11 heteroatoms. The molecule has 2 unspecified atom stereocenters. The summed E-state index contributed by atoms with van der Waals surface area (Å²) in [6, 6.07) is 26.1. The average Bonchev–Trinajstić information content (AvgIpc) is 3.96. The maximum absolute atomic E-state index is 12.3. The molecule has 10 nitrogen and oxygen atoms in total. The molecule has 0 aliphatic heterocycles. The van der Waals surface area contributed by atoms with Gasteiger partial charge < -0.3 is 15.3 Å². The molecule has 0 saturated heterocycles. The molecule has 0 bridgehead atoms. The summed E-state index contributed by atoms with van der Waals surface area (Å²) >= 11 is 1.61. The molecule has 0 fully saturated rings. The third-order valence-electron chi connectivity index (χ3n) is 11.3. The zero-order valence-corrected chi connectivity index (χ0v) is 33.8. The van der Waals surface area contributed by atoms with E-state index in [4.69, 9.17) is 4.98 Å². The van der Waals surface area contributed by atoms with Gasteiger partial charge in [-0.3, -0.25) is 14.6 Å². The smallest absolute Gasteiger partial charge is 0.311 e. The number of rotatable bonds is 10. The summed E-state index contributed by atoms with van der Waals surface area (Å²) in [4.78, 5) is 38.0. The lowest BCUT2D eigenvalue weighted by atomic mass is 9.84. The van der Waals surface area contributed by atoms with E-state index >= 15 is 0 Å². The number of carboxylic acids is 2. The van der Waals surface area contributed by atoms with Crippen LogP contribution in [-0.2, 0) is 22.4 Å². The number of thiazole rings is 1. The van der Waals surface area contributed by atoms with Crippen LogP contribution in [0.5, 0.6) is 5.88 Å². The Bertz CT molecular complexity index is 2860. The van der Waals surface area contributed by atoms with E-state index in [1.54, 1.807) is 15.9 Å². The highest BCUT2D eigenvalue weighted by Gasteiger charge is 2.31. The number of aromatic nitrogens is 5. The molecular formula is C47H45N5O5S. The first kappa shape index (κ1) is 38.7. The number of hydrogen-bond acceptors (Lipinski definition) is 8. The van der Waals surface area contributed by atoms with Crippen molar-refractivity contribution in [1.29, 1.82) is 0 Å². The SMILES string of the molecule is CCCC(C(=O)O)c1c(C)nc2cc3c(cc2c1-c1ccc2ncsc2c1)CCC3.CCCC(C(=O)O)c1c(O)nc2c3ccccc3nn2c1-c1ccc(C)cc1. The Balaban J connectivity index is 0.000000162. The Hall–Kier alpha value is -6.20. The topological polar surface area (TPSA) is 151 Å². The van der Waals surface area contributed by atoms with E-state index in [2.05, 4.69) is 39.3 Å². The van der Waals surface area contributed by atoms with Crippen LogP contribution in [0.3, 0.4) is 0 Å². The van der Waals surface area contributed by atoms with Crippen LogP contribution in [0.25, 0.3) is 60.1 Å². The minimum absolute atomic E-state index is 0.255. The molecule has 9 rings (SSSR count). The predicted molar refractivity (Wildman–Crippen MR) is 230 cm³/mol. The number of benzene rings is 4. The van der Waals surface area contributed by atoms with Crippen LogP contribution in [-0.4, -0.2) is 51.8 Å². The summed E-state index contributed by atoms with van der Waals surface area (Å²) in [5.41, 5.74) is 14.3. The summed E-state index contributed by atoms with van der Waals surface area (Å²) in [5.74, 6) is -3.45. The zero-order valence-electron chi connectivity index (χ0n) is 33.0. The van der Waals surface area contributed by atoms with Gasteiger partial charge in [-0.2, -0.15) is 10.1 Å². The van der Waals surface area contributed by atoms with Gasteiger partial charge in [-0.05, 0) is 110 Å². The highest BCUT2D eigenvalue weighted by Crippen LogP contribution is 2.42. The molecule has 0 saturated carbocycles. The fourth-order valence-corrected chi connectivity index (χ4v) is 9.27. The van der Waals surface area contributed by atoms with Gasteiger partial charge in [0.2, 0.25) is 5.88 Å². The van der Waals surface area contributed by atoms with Gasteiger partial charge in [0.1, 0.15) is 0 Å². The normalized spacial score (nSPS) is 13.4. The van der Waals surface area contributed by atoms with E-state index in [0.717, 1.165) is 84.8 Å². The second-order valence-corrected chi connectivity index (χ2v) is 16.1. The van der Waals surface area contributed by atoms with Crippen LogP contribution < -0.4 is 0 Å². The maximum Gasteiger partial charge on any atom is 0.311 e. The van der Waals surface area contributed by atoms with Crippen molar-refractivity contribution < 1.29 is 24.9 Å². The summed E-state index contributed by atoms with van der Waals surface area (Å²) in [5, 5.41) is 37.3. The number of nitrogens with zero attached hydrogens (tertiary/aromatic N) is 5. The van der Waals surface area contributed by atoms with E-state index in [-0.39, 0.29) is 5.88 Å². The molecule has 58 heavy (non-hydrogen) atoms. The van der Waals surface area contributed by atoms with Crippen LogP contribution in [0.4, 0.5) is 0 Å². The molecule has 3 N–H and O–H groups in total. The maximum atomic E-state index is 12.3. The molecule has 0 spiro atoms. The molecule has 1 aliphatic rings. The number of pyridine rings is 1. The molecule has 8 aromatic rings. The fraction of sp³-hybridized carbons (Fsp3) is 0.277. The molecule has 1 aliphatic carbocycles. The van der Waals surface area contributed by atoms with E-state index in [9.17, 15) is 24.9 Å². The minimum atomic E-state index is -0.983. The number of aryl methyl sites for hydroxylation is 4. The van der Waals surface area contributed by atoms with Crippen LogP contribution in [0.15, 0.2) is 84.4 Å². The molecule has 2 atom stereocenters. The van der Waals surface area contributed by atoms with Crippen molar-refractivity contribution >= 4 is 60.9 Å². The highest BCUT2D eigenvalue weighted by molar-refractivity contribution is 7.16. The Morgan fingerprint density at radius 3 is 2.14 bits per heavy atom. The Kier molecular flexibility index (Phi) is 10.7. The standard InChI is InChI=1S/C25H24N2O2S.C22H21N3O3/c1-3-5-18(25(28)29)23-14(2)27-21-11-16-7-4-6-15(16)10-19(21)24(23)17-8-9-20-22(12-17)30-13-26-20;1-3-6-16(22(27)28)18-19(14-11-9-13(2)10-12-14)25-20(23-21(18)26)15-7-4-5-8-17(15)24-25/h8-13,18H,3-7H2,1-2H3,(H,28,29);4-5,7-12,16H,3,6H2,1-2H3,(H,23,26)(H,27,28). The van der Waals surface area contributed by atoms with Crippen LogP contribution in [0, 0.1) is 13.8 Å². The quantitative estimate of drug-likeness (QED) is 0.123. The lowest BCUT2D eigenvalue weighted by Gasteiger charge is -2.21. The third-order valence-corrected chi connectivity index (χ3v) is 12.1. The lowest BCUT2D eigenvalue weighted by Crippen LogP contribution is -2.15. The van der Waals surface area contributed by atoms with Crippen molar-refractivity contribution in [1.82, 2.24) is 24.6 Å². The molecule has 0 radical (unpaired) electrons. The first-order chi connectivity index (χ1) is 28.1. The predicted octanol–water partition coefficient (Wildman–Crippen LogP) is 10.8. The molecule has 0 amide bonds. The van der Waals surface area contributed by atoms with Crippen LogP contribution in [0.1, 0.15) is 91.3 Å². The van der Waals surface area contributed by atoms with E-state index < -0.39 is 23.8 Å². The second-order valence-electron chi connectivity index (χ2n) is 15.2.